The van der Waals surface area contributed by atoms with E-state index in [9.17, 15) is 4.79 Å². The van der Waals surface area contributed by atoms with E-state index in [1.165, 1.54) is 19.3 Å². The summed E-state index contributed by atoms with van der Waals surface area (Å²) in [5.41, 5.74) is 0. The minimum atomic E-state index is -0.798. The number of fused-ring (bicyclic) bond motifs is 1. The molecule has 2 rings (SSSR count). The van der Waals surface area contributed by atoms with Crippen LogP contribution in [-0.2, 0) is 9.53 Å². The highest BCUT2D eigenvalue weighted by Crippen LogP contribution is 2.23. The molecule has 80 valence electrons. The topological polar surface area (TPSA) is 58.6 Å². The van der Waals surface area contributed by atoms with Gasteiger partial charge in [-0.05, 0) is 12.8 Å². The molecule has 0 radical (unpaired) electrons. The van der Waals surface area contributed by atoms with Crippen LogP contribution in [0.1, 0.15) is 32.1 Å². The van der Waals surface area contributed by atoms with E-state index >= 15 is 0 Å². The maximum atomic E-state index is 10.8. The van der Waals surface area contributed by atoms with Gasteiger partial charge in [0, 0.05) is 6.04 Å². The standard InChI is InChI=1S/C10H17NO3/c12-10(13)8-6-14-9-5-3-1-2-4-7(9)11-8/h7-9,11H,1-6H2,(H,12,13). The molecule has 1 aliphatic heterocycles. The number of hydrogen-bond acceptors (Lipinski definition) is 3. The molecule has 0 aromatic rings. The van der Waals surface area contributed by atoms with Crippen LogP contribution in [0.25, 0.3) is 0 Å². The summed E-state index contributed by atoms with van der Waals surface area (Å²) in [5.74, 6) is -0.798. The first-order chi connectivity index (χ1) is 6.77. The highest BCUT2D eigenvalue weighted by atomic mass is 16.5. The van der Waals surface area contributed by atoms with Crippen molar-refractivity contribution in [2.75, 3.05) is 6.61 Å². The summed E-state index contributed by atoms with van der Waals surface area (Å²) in [4.78, 5) is 10.8. The normalized spacial score (nSPS) is 38.4. The second kappa shape index (κ2) is 4.28. The molecule has 0 spiro atoms. The van der Waals surface area contributed by atoms with Crippen LogP contribution in [0, 0.1) is 0 Å². The largest absolute Gasteiger partial charge is 0.480 e. The van der Waals surface area contributed by atoms with Crippen LogP contribution in [0.3, 0.4) is 0 Å². The minimum absolute atomic E-state index is 0.244. The van der Waals surface area contributed by atoms with Crippen molar-refractivity contribution >= 4 is 5.97 Å². The van der Waals surface area contributed by atoms with Gasteiger partial charge in [-0.3, -0.25) is 10.1 Å². The van der Waals surface area contributed by atoms with E-state index in [0.717, 1.165) is 12.8 Å². The molecule has 1 saturated heterocycles. The van der Waals surface area contributed by atoms with E-state index < -0.39 is 12.0 Å². The number of rotatable bonds is 1. The van der Waals surface area contributed by atoms with Crippen molar-refractivity contribution < 1.29 is 14.6 Å². The van der Waals surface area contributed by atoms with Crippen LogP contribution >= 0.6 is 0 Å². The Morgan fingerprint density at radius 3 is 2.86 bits per heavy atom. The summed E-state index contributed by atoms with van der Waals surface area (Å²) < 4.78 is 5.59. The fourth-order valence-electron chi connectivity index (χ4n) is 2.33. The van der Waals surface area contributed by atoms with Crippen molar-refractivity contribution in [3.63, 3.8) is 0 Å². The van der Waals surface area contributed by atoms with Gasteiger partial charge in [-0.1, -0.05) is 19.3 Å². The van der Waals surface area contributed by atoms with Gasteiger partial charge < -0.3 is 9.84 Å². The monoisotopic (exact) mass is 199 g/mol. The van der Waals surface area contributed by atoms with Gasteiger partial charge in [-0.15, -0.1) is 0 Å². The van der Waals surface area contributed by atoms with Crippen LogP contribution < -0.4 is 5.32 Å². The molecule has 1 aliphatic carbocycles. The Kier molecular flexibility index (Phi) is 3.03. The number of aliphatic carboxylic acids is 1. The fourth-order valence-corrected chi connectivity index (χ4v) is 2.33. The van der Waals surface area contributed by atoms with Gasteiger partial charge in [0.25, 0.3) is 0 Å². The maximum absolute atomic E-state index is 10.8. The second-order valence-electron chi connectivity index (χ2n) is 4.17. The van der Waals surface area contributed by atoms with Crippen LogP contribution in [-0.4, -0.2) is 35.9 Å². The van der Waals surface area contributed by atoms with Crippen molar-refractivity contribution in [3.05, 3.63) is 0 Å². The molecule has 0 aromatic carbocycles. The lowest BCUT2D eigenvalue weighted by atomic mass is 10.0. The summed E-state index contributed by atoms with van der Waals surface area (Å²) in [5, 5.41) is 12.0. The highest BCUT2D eigenvalue weighted by molar-refractivity contribution is 5.73. The third-order valence-electron chi connectivity index (χ3n) is 3.14. The lowest BCUT2D eigenvalue weighted by Gasteiger charge is -2.35. The van der Waals surface area contributed by atoms with Gasteiger partial charge in [0.05, 0.1) is 12.7 Å². The predicted octanol–water partition coefficient (Wildman–Crippen LogP) is 0.761. The number of morpholine rings is 1. The first-order valence-corrected chi connectivity index (χ1v) is 5.38. The average Bonchev–Trinajstić information content (AvgIpc) is 2.41. The second-order valence-corrected chi connectivity index (χ2v) is 4.17. The minimum Gasteiger partial charge on any atom is -0.480 e. The van der Waals surface area contributed by atoms with E-state index in [0.29, 0.717) is 6.61 Å². The van der Waals surface area contributed by atoms with Crippen LogP contribution in [0.2, 0.25) is 0 Å². The van der Waals surface area contributed by atoms with Gasteiger partial charge in [0.2, 0.25) is 0 Å². The third kappa shape index (κ3) is 2.07. The molecule has 14 heavy (non-hydrogen) atoms. The summed E-state index contributed by atoms with van der Waals surface area (Å²) in [7, 11) is 0. The molecular weight excluding hydrogens is 182 g/mol. The first-order valence-electron chi connectivity index (χ1n) is 5.38. The Bertz CT molecular complexity index is 219. The molecular formula is C10H17NO3. The third-order valence-corrected chi connectivity index (χ3v) is 3.14. The maximum Gasteiger partial charge on any atom is 0.323 e. The number of nitrogens with one attached hydrogen (secondary N) is 1. The average molecular weight is 199 g/mol. The van der Waals surface area contributed by atoms with Crippen molar-refractivity contribution in [1.82, 2.24) is 5.32 Å². The summed E-state index contributed by atoms with van der Waals surface area (Å²) in [6, 6.07) is -0.248. The van der Waals surface area contributed by atoms with Gasteiger partial charge in [-0.2, -0.15) is 0 Å². The Hall–Kier alpha value is -0.610. The molecule has 0 aromatic heterocycles. The first kappa shape index (κ1) is 9.93. The van der Waals surface area contributed by atoms with E-state index in [2.05, 4.69) is 5.32 Å². The SMILES string of the molecule is O=C(O)C1COC2CCCCCC2N1. The zero-order chi connectivity index (χ0) is 9.97. The molecule has 0 amide bonds. The van der Waals surface area contributed by atoms with Crippen LogP contribution in [0.5, 0.6) is 0 Å². The molecule has 1 saturated carbocycles. The number of carboxylic acids is 1. The molecule has 2 N–H and O–H groups in total. The summed E-state index contributed by atoms with van der Waals surface area (Å²) in [6.45, 7) is 0.316. The number of carboxylic acid groups (broad SMARTS) is 1. The fraction of sp³-hybridized carbons (Fsp3) is 0.900. The quantitative estimate of drug-likeness (QED) is 0.654. The lowest BCUT2D eigenvalue weighted by molar-refractivity contribution is -0.146. The highest BCUT2D eigenvalue weighted by Gasteiger charge is 2.34. The zero-order valence-corrected chi connectivity index (χ0v) is 8.24. The molecule has 0 bridgehead atoms. The molecule has 2 fully saturated rings. The molecule has 3 atom stereocenters. The number of hydrogen-bond donors (Lipinski definition) is 2. The van der Waals surface area contributed by atoms with E-state index in [-0.39, 0.29) is 12.1 Å². The summed E-state index contributed by atoms with van der Waals surface area (Å²) >= 11 is 0. The molecule has 4 heteroatoms. The predicted molar refractivity (Wildman–Crippen MR) is 51.2 cm³/mol. The van der Waals surface area contributed by atoms with Gasteiger partial charge in [-0.25, -0.2) is 0 Å². The lowest BCUT2D eigenvalue weighted by Crippen LogP contribution is -2.56. The number of carbonyl (C=O) groups is 1. The van der Waals surface area contributed by atoms with Crippen LogP contribution in [0.4, 0.5) is 0 Å². The molecule has 1 heterocycles. The van der Waals surface area contributed by atoms with Crippen LogP contribution in [0.15, 0.2) is 0 Å². The van der Waals surface area contributed by atoms with E-state index in [1.54, 1.807) is 0 Å². The number of ether oxygens (including phenoxy) is 1. The van der Waals surface area contributed by atoms with Crippen molar-refractivity contribution in [3.8, 4) is 0 Å². The van der Waals surface area contributed by atoms with E-state index in [4.69, 9.17) is 9.84 Å². The Morgan fingerprint density at radius 1 is 1.29 bits per heavy atom. The van der Waals surface area contributed by atoms with Crippen molar-refractivity contribution in [2.45, 2.75) is 50.3 Å². The smallest absolute Gasteiger partial charge is 0.323 e. The van der Waals surface area contributed by atoms with Gasteiger partial charge in [0.15, 0.2) is 0 Å². The van der Waals surface area contributed by atoms with Crippen molar-refractivity contribution in [1.29, 1.82) is 0 Å². The molecule has 2 aliphatic rings. The summed E-state index contributed by atoms with van der Waals surface area (Å²) in [6.07, 6.45) is 6.01. The van der Waals surface area contributed by atoms with Crippen molar-refractivity contribution in [2.24, 2.45) is 0 Å². The molecule has 3 unspecified atom stereocenters. The van der Waals surface area contributed by atoms with E-state index in [1.807, 2.05) is 0 Å². The Morgan fingerprint density at radius 2 is 2.07 bits per heavy atom. The van der Waals surface area contributed by atoms with Gasteiger partial charge >= 0.3 is 5.97 Å². The Labute approximate surface area is 83.6 Å². The zero-order valence-electron chi connectivity index (χ0n) is 8.24. The molecule has 4 nitrogen and oxygen atoms in total. The Balaban J connectivity index is 1.96. The van der Waals surface area contributed by atoms with Gasteiger partial charge in [0.1, 0.15) is 6.04 Å².